The van der Waals surface area contributed by atoms with Crippen LogP contribution in [0.3, 0.4) is 0 Å². The zero-order valence-electron chi connectivity index (χ0n) is 9.03. The molecule has 2 heteroatoms. The van der Waals surface area contributed by atoms with Crippen LogP contribution in [0, 0.1) is 0 Å². The molecule has 0 aromatic heterocycles. The molecule has 0 saturated carbocycles. The van der Waals surface area contributed by atoms with E-state index in [2.05, 4.69) is 43.3 Å². The number of aliphatic hydroxyl groups excluding tert-OH is 1. The number of nitrogens with zero attached hydrogens (tertiary/aromatic N) is 1. The fourth-order valence-corrected chi connectivity index (χ4v) is 1.46. The first-order valence-corrected chi connectivity index (χ1v) is 5.06. The first-order chi connectivity index (χ1) is 6.72. The number of rotatable bonds is 5. The van der Waals surface area contributed by atoms with Gasteiger partial charge >= 0.3 is 0 Å². The summed E-state index contributed by atoms with van der Waals surface area (Å²) in [6.07, 6.45) is 1.83. The van der Waals surface area contributed by atoms with Crippen molar-refractivity contribution in [1.82, 2.24) is 4.90 Å². The van der Waals surface area contributed by atoms with Crippen molar-refractivity contribution in [3.63, 3.8) is 0 Å². The van der Waals surface area contributed by atoms with Crippen LogP contribution in [-0.2, 0) is 13.0 Å². The Morgan fingerprint density at radius 1 is 1.07 bits per heavy atom. The Hall–Kier alpha value is -0.860. The molecular formula is C12H19NO. The molecular weight excluding hydrogens is 174 g/mol. The zero-order chi connectivity index (χ0) is 10.4. The van der Waals surface area contributed by atoms with Crippen LogP contribution < -0.4 is 0 Å². The Bertz CT molecular complexity index is 254. The van der Waals surface area contributed by atoms with Crippen molar-refractivity contribution in [1.29, 1.82) is 0 Å². The van der Waals surface area contributed by atoms with Crippen molar-refractivity contribution in [3.05, 3.63) is 35.4 Å². The second-order valence-corrected chi connectivity index (χ2v) is 3.88. The molecule has 0 radical (unpaired) electrons. The van der Waals surface area contributed by atoms with Gasteiger partial charge in [-0.15, -0.1) is 0 Å². The van der Waals surface area contributed by atoms with E-state index in [1.54, 1.807) is 0 Å². The smallest absolute Gasteiger partial charge is 0.0434 e. The lowest BCUT2D eigenvalue weighted by molar-refractivity contribution is 0.288. The van der Waals surface area contributed by atoms with Crippen molar-refractivity contribution >= 4 is 0 Å². The van der Waals surface area contributed by atoms with Gasteiger partial charge in [-0.3, -0.25) is 0 Å². The molecule has 1 aromatic rings. The van der Waals surface area contributed by atoms with Crippen LogP contribution in [0.25, 0.3) is 0 Å². The molecule has 14 heavy (non-hydrogen) atoms. The summed E-state index contributed by atoms with van der Waals surface area (Å²) in [6, 6.07) is 8.61. The molecule has 0 fully saturated rings. The standard InChI is InChI=1S/C12H19NO/c1-13(2)10-12-7-5-11(6-8-12)4-3-9-14/h5-8,14H,3-4,9-10H2,1-2H3. The average molecular weight is 193 g/mol. The summed E-state index contributed by atoms with van der Waals surface area (Å²) in [6.45, 7) is 1.26. The Labute approximate surface area is 86.2 Å². The highest BCUT2D eigenvalue weighted by molar-refractivity contribution is 5.22. The predicted octanol–water partition coefficient (Wildman–Crippen LogP) is 1.67. The lowest BCUT2D eigenvalue weighted by Crippen LogP contribution is -2.10. The van der Waals surface area contributed by atoms with Crippen molar-refractivity contribution < 1.29 is 5.11 Å². The third-order valence-corrected chi connectivity index (χ3v) is 2.15. The van der Waals surface area contributed by atoms with Crippen LogP contribution in [0.4, 0.5) is 0 Å². The molecule has 0 saturated heterocycles. The topological polar surface area (TPSA) is 23.5 Å². The van der Waals surface area contributed by atoms with E-state index in [1.807, 2.05) is 0 Å². The molecule has 0 spiro atoms. The monoisotopic (exact) mass is 193 g/mol. The molecule has 1 rings (SSSR count). The summed E-state index contributed by atoms with van der Waals surface area (Å²) in [4.78, 5) is 2.16. The Balaban J connectivity index is 2.50. The third-order valence-electron chi connectivity index (χ3n) is 2.15. The van der Waals surface area contributed by atoms with Gasteiger partial charge in [0, 0.05) is 13.2 Å². The molecule has 0 bridgehead atoms. The van der Waals surface area contributed by atoms with E-state index >= 15 is 0 Å². The third kappa shape index (κ3) is 3.90. The minimum absolute atomic E-state index is 0.277. The van der Waals surface area contributed by atoms with Crippen molar-refractivity contribution in [2.45, 2.75) is 19.4 Å². The van der Waals surface area contributed by atoms with Gasteiger partial charge in [0.05, 0.1) is 0 Å². The van der Waals surface area contributed by atoms with Crippen molar-refractivity contribution in [2.75, 3.05) is 20.7 Å². The molecule has 1 aromatic carbocycles. The predicted molar refractivity (Wildman–Crippen MR) is 59.2 cm³/mol. The Kier molecular flexibility index (Phi) is 4.63. The first-order valence-electron chi connectivity index (χ1n) is 5.06. The number of benzene rings is 1. The van der Waals surface area contributed by atoms with E-state index < -0.39 is 0 Å². The lowest BCUT2D eigenvalue weighted by atomic mass is 10.1. The normalized spacial score (nSPS) is 10.9. The molecule has 0 atom stereocenters. The summed E-state index contributed by atoms with van der Waals surface area (Å²) in [5.74, 6) is 0. The Morgan fingerprint density at radius 2 is 1.64 bits per heavy atom. The van der Waals surface area contributed by atoms with Gasteiger partial charge in [-0.1, -0.05) is 24.3 Å². The quantitative estimate of drug-likeness (QED) is 0.769. The number of hydrogen-bond acceptors (Lipinski definition) is 2. The van der Waals surface area contributed by atoms with E-state index in [-0.39, 0.29) is 6.61 Å². The minimum Gasteiger partial charge on any atom is -0.396 e. The van der Waals surface area contributed by atoms with Gasteiger partial charge < -0.3 is 10.0 Å². The minimum atomic E-state index is 0.277. The van der Waals surface area contributed by atoms with Crippen molar-refractivity contribution in [3.8, 4) is 0 Å². The van der Waals surface area contributed by atoms with Gasteiger partial charge in [-0.05, 0) is 38.1 Å². The molecule has 2 nitrogen and oxygen atoms in total. The molecule has 0 aliphatic heterocycles. The average Bonchev–Trinajstić information content (AvgIpc) is 2.16. The molecule has 1 N–H and O–H groups in total. The summed E-state index contributed by atoms with van der Waals surface area (Å²) < 4.78 is 0. The van der Waals surface area contributed by atoms with Gasteiger partial charge in [0.2, 0.25) is 0 Å². The zero-order valence-corrected chi connectivity index (χ0v) is 9.03. The van der Waals surface area contributed by atoms with Gasteiger partial charge in [-0.2, -0.15) is 0 Å². The largest absolute Gasteiger partial charge is 0.396 e. The van der Waals surface area contributed by atoms with Gasteiger partial charge in [0.15, 0.2) is 0 Å². The highest BCUT2D eigenvalue weighted by Gasteiger charge is 1.96. The molecule has 0 aliphatic carbocycles. The highest BCUT2D eigenvalue weighted by Crippen LogP contribution is 2.07. The molecule has 0 aliphatic rings. The van der Waals surface area contributed by atoms with Crippen LogP contribution in [0.15, 0.2) is 24.3 Å². The summed E-state index contributed by atoms with van der Waals surface area (Å²) >= 11 is 0. The summed E-state index contributed by atoms with van der Waals surface area (Å²) in [5.41, 5.74) is 2.64. The van der Waals surface area contributed by atoms with E-state index in [4.69, 9.17) is 5.11 Å². The lowest BCUT2D eigenvalue weighted by Gasteiger charge is -2.09. The maximum atomic E-state index is 8.69. The fourth-order valence-electron chi connectivity index (χ4n) is 1.46. The van der Waals surface area contributed by atoms with Crippen LogP contribution in [-0.4, -0.2) is 30.7 Å². The highest BCUT2D eigenvalue weighted by atomic mass is 16.2. The van der Waals surface area contributed by atoms with Gasteiger partial charge in [-0.25, -0.2) is 0 Å². The van der Waals surface area contributed by atoms with Crippen LogP contribution in [0.2, 0.25) is 0 Å². The van der Waals surface area contributed by atoms with Crippen LogP contribution >= 0.6 is 0 Å². The number of aliphatic hydroxyl groups is 1. The van der Waals surface area contributed by atoms with E-state index in [0.29, 0.717) is 0 Å². The van der Waals surface area contributed by atoms with Gasteiger partial charge in [0.25, 0.3) is 0 Å². The Morgan fingerprint density at radius 3 is 2.14 bits per heavy atom. The molecule has 78 valence electrons. The summed E-state index contributed by atoms with van der Waals surface area (Å²) in [7, 11) is 4.14. The van der Waals surface area contributed by atoms with E-state index in [9.17, 15) is 0 Å². The number of hydrogen-bond donors (Lipinski definition) is 1. The maximum Gasteiger partial charge on any atom is 0.0434 e. The van der Waals surface area contributed by atoms with Gasteiger partial charge in [0.1, 0.15) is 0 Å². The van der Waals surface area contributed by atoms with Crippen LogP contribution in [0.1, 0.15) is 17.5 Å². The molecule has 0 heterocycles. The maximum absolute atomic E-state index is 8.69. The second kappa shape index (κ2) is 5.78. The fraction of sp³-hybridized carbons (Fsp3) is 0.500. The van der Waals surface area contributed by atoms with Crippen LogP contribution in [0.5, 0.6) is 0 Å². The van der Waals surface area contributed by atoms with E-state index in [0.717, 1.165) is 19.4 Å². The van der Waals surface area contributed by atoms with E-state index in [1.165, 1.54) is 11.1 Å². The van der Waals surface area contributed by atoms with Crippen molar-refractivity contribution in [2.24, 2.45) is 0 Å². The summed E-state index contributed by atoms with van der Waals surface area (Å²) in [5, 5.41) is 8.69. The first kappa shape index (κ1) is 11.2. The molecule has 0 amide bonds. The SMILES string of the molecule is CN(C)Cc1ccc(CCCO)cc1. The molecule has 0 unspecified atom stereocenters. The second-order valence-electron chi connectivity index (χ2n) is 3.88. The number of aryl methyl sites for hydroxylation is 1.